The lowest BCUT2D eigenvalue weighted by Crippen LogP contribution is -2.27. The van der Waals surface area contributed by atoms with Gasteiger partial charge in [0.1, 0.15) is 5.75 Å². The molecule has 0 aliphatic heterocycles. The van der Waals surface area contributed by atoms with E-state index in [1.165, 1.54) is 25.3 Å². The van der Waals surface area contributed by atoms with Gasteiger partial charge in [0, 0.05) is 6.54 Å². The molecule has 4 N–H and O–H groups in total. The van der Waals surface area contributed by atoms with Crippen LogP contribution in [0.3, 0.4) is 0 Å². The Labute approximate surface area is 112 Å². The summed E-state index contributed by atoms with van der Waals surface area (Å²) >= 11 is 0. The third-order valence-electron chi connectivity index (χ3n) is 2.29. The first-order valence-corrected chi connectivity index (χ1v) is 7.11. The number of sulfonamides is 1. The highest BCUT2D eigenvalue weighted by molar-refractivity contribution is 7.89. The van der Waals surface area contributed by atoms with Gasteiger partial charge in [-0.2, -0.15) is 0 Å². The second kappa shape index (κ2) is 7.29. The molecule has 0 unspecified atom stereocenters. The quantitative estimate of drug-likeness (QED) is 0.442. The van der Waals surface area contributed by atoms with E-state index in [2.05, 4.69) is 4.72 Å². The number of anilines is 1. The molecule has 7 nitrogen and oxygen atoms in total. The number of ether oxygens (including phenoxy) is 2. The minimum absolute atomic E-state index is 0.0629. The number of aliphatic hydroxyl groups is 1. The molecule has 108 valence electrons. The van der Waals surface area contributed by atoms with Crippen molar-refractivity contribution in [3.8, 4) is 5.75 Å². The Morgan fingerprint density at radius 2 is 2.11 bits per heavy atom. The van der Waals surface area contributed by atoms with Gasteiger partial charge >= 0.3 is 0 Å². The molecule has 1 aromatic rings. The van der Waals surface area contributed by atoms with Gasteiger partial charge in [-0.05, 0) is 18.2 Å². The lowest BCUT2D eigenvalue weighted by Gasteiger charge is -2.09. The summed E-state index contributed by atoms with van der Waals surface area (Å²) in [5.41, 5.74) is 5.91. The first kappa shape index (κ1) is 15.7. The molecule has 0 aromatic heterocycles. The van der Waals surface area contributed by atoms with Crippen molar-refractivity contribution in [3.05, 3.63) is 18.2 Å². The number of aliphatic hydroxyl groups excluding tert-OH is 1. The zero-order chi connectivity index (χ0) is 14.3. The molecule has 0 amide bonds. The molecular formula is C11H18N2O5S. The topological polar surface area (TPSA) is 111 Å². The third-order valence-corrected chi connectivity index (χ3v) is 3.74. The van der Waals surface area contributed by atoms with Crippen LogP contribution >= 0.6 is 0 Å². The zero-order valence-electron chi connectivity index (χ0n) is 10.6. The summed E-state index contributed by atoms with van der Waals surface area (Å²) in [6, 6.07) is 4.23. The third kappa shape index (κ3) is 4.67. The Morgan fingerprint density at radius 3 is 2.68 bits per heavy atom. The fourth-order valence-electron chi connectivity index (χ4n) is 1.38. The smallest absolute Gasteiger partial charge is 0.240 e. The van der Waals surface area contributed by atoms with Crippen LogP contribution in [0.4, 0.5) is 5.69 Å². The first-order chi connectivity index (χ1) is 9.01. The van der Waals surface area contributed by atoms with Gasteiger partial charge in [-0.15, -0.1) is 0 Å². The normalized spacial score (nSPS) is 11.5. The lowest BCUT2D eigenvalue weighted by molar-refractivity contribution is 0.0961. The highest BCUT2D eigenvalue weighted by Crippen LogP contribution is 2.24. The van der Waals surface area contributed by atoms with Crippen LogP contribution in [0.5, 0.6) is 5.75 Å². The minimum Gasteiger partial charge on any atom is -0.495 e. The first-order valence-electron chi connectivity index (χ1n) is 5.63. The molecule has 0 fully saturated rings. The summed E-state index contributed by atoms with van der Waals surface area (Å²) in [6.07, 6.45) is 0. The van der Waals surface area contributed by atoms with Crippen molar-refractivity contribution in [1.29, 1.82) is 0 Å². The molecule has 0 atom stereocenters. The van der Waals surface area contributed by atoms with Crippen LogP contribution in [-0.4, -0.2) is 47.0 Å². The van der Waals surface area contributed by atoms with Crippen molar-refractivity contribution in [3.63, 3.8) is 0 Å². The van der Waals surface area contributed by atoms with E-state index < -0.39 is 10.0 Å². The Balaban J connectivity index is 2.64. The predicted octanol–water partition coefficient (Wildman–Crippen LogP) is -0.435. The summed E-state index contributed by atoms with van der Waals surface area (Å²) < 4.78 is 36.1. The second-order valence-corrected chi connectivity index (χ2v) is 5.40. The monoisotopic (exact) mass is 290 g/mol. The van der Waals surface area contributed by atoms with Crippen molar-refractivity contribution in [2.45, 2.75) is 4.90 Å². The number of nitrogens with two attached hydrogens (primary N) is 1. The Bertz CT molecular complexity index is 504. The van der Waals surface area contributed by atoms with Gasteiger partial charge in [-0.25, -0.2) is 13.1 Å². The molecule has 0 aliphatic rings. The number of hydrogen-bond acceptors (Lipinski definition) is 6. The van der Waals surface area contributed by atoms with Gasteiger partial charge in [-0.3, -0.25) is 0 Å². The summed E-state index contributed by atoms with van der Waals surface area (Å²) in [6.45, 7) is 0.388. The van der Waals surface area contributed by atoms with E-state index in [0.717, 1.165) is 0 Å². The van der Waals surface area contributed by atoms with Gasteiger partial charge in [0.15, 0.2) is 0 Å². The fraction of sp³-hybridized carbons (Fsp3) is 0.455. The molecule has 1 aromatic carbocycles. The molecular weight excluding hydrogens is 272 g/mol. The van der Waals surface area contributed by atoms with E-state index in [-0.39, 0.29) is 36.9 Å². The summed E-state index contributed by atoms with van der Waals surface area (Å²) in [4.78, 5) is 0.0629. The van der Waals surface area contributed by atoms with Crippen molar-refractivity contribution in [2.75, 3.05) is 39.2 Å². The fourth-order valence-corrected chi connectivity index (χ4v) is 2.43. The Hall–Kier alpha value is -1.35. The van der Waals surface area contributed by atoms with Crippen molar-refractivity contribution in [1.82, 2.24) is 4.72 Å². The molecule has 8 heteroatoms. The summed E-state index contributed by atoms with van der Waals surface area (Å²) in [7, 11) is -2.17. The van der Waals surface area contributed by atoms with E-state index in [9.17, 15) is 8.42 Å². The van der Waals surface area contributed by atoms with Crippen LogP contribution in [-0.2, 0) is 14.8 Å². The Morgan fingerprint density at radius 1 is 1.37 bits per heavy atom. The molecule has 19 heavy (non-hydrogen) atoms. The van der Waals surface area contributed by atoms with Crippen LogP contribution in [0.2, 0.25) is 0 Å². The number of rotatable bonds is 8. The second-order valence-electron chi connectivity index (χ2n) is 3.64. The number of nitrogen functional groups attached to an aromatic ring is 1. The average Bonchev–Trinajstić information content (AvgIpc) is 2.38. The molecule has 1 rings (SSSR count). The van der Waals surface area contributed by atoms with E-state index in [1.54, 1.807) is 0 Å². The van der Waals surface area contributed by atoms with Crippen LogP contribution in [0, 0.1) is 0 Å². The molecule has 0 bridgehead atoms. The van der Waals surface area contributed by atoms with Gasteiger partial charge < -0.3 is 20.3 Å². The van der Waals surface area contributed by atoms with Crippen molar-refractivity contribution >= 4 is 15.7 Å². The van der Waals surface area contributed by atoms with Crippen LogP contribution in [0.25, 0.3) is 0 Å². The molecule has 0 radical (unpaired) electrons. The van der Waals surface area contributed by atoms with Gasteiger partial charge in [0.05, 0.1) is 37.5 Å². The van der Waals surface area contributed by atoms with E-state index in [4.69, 9.17) is 20.3 Å². The molecule has 0 spiro atoms. The van der Waals surface area contributed by atoms with Gasteiger partial charge in [0.2, 0.25) is 10.0 Å². The van der Waals surface area contributed by atoms with Crippen LogP contribution in [0.1, 0.15) is 0 Å². The standard InChI is InChI=1S/C11H18N2O5S/c1-17-11-3-2-9(8-10(11)12)19(15,16)13-4-6-18-7-5-14/h2-3,8,13-14H,4-7,12H2,1H3. The maximum Gasteiger partial charge on any atom is 0.240 e. The lowest BCUT2D eigenvalue weighted by atomic mass is 10.3. The number of nitrogens with one attached hydrogen (secondary N) is 1. The highest BCUT2D eigenvalue weighted by atomic mass is 32.2. The number of methoxy groups -OCH3 is 1. The molecule has 0 saturated carbocycles. The number of benzene rings is 1. The summed E-state index contributed by atoms with van der Waals surface area (Å²) in [5.74, 6) is 0.422. The Kier molecular flexibility index (Phi) is 6.03. The predicted molar refractivity (Wildman–Crippen MR) is 70.5 cm³/mol. The molecule has 0 saturated heterocycles. The van der Waals surface area contributed by atoms with Gasteiger partial charge in [0.25, 0.3) is 0 Å². The zero-order valence-corrected chi connectivity index (χ0v) is 11.4. The minimum atomic E-state index is -3.62. The average molecular weight is 290 g/mol. The van der Waals surface area contributed by atoms with Crippen LogP contribution in [0.15, 0.2) is 23.1 Å². The molecule has 0 heterocycles. The van der Waals surface area contributed by atoms with E-state index in [1.807, 2.05) is 0 Å². The maximum atomic E-state index is 11.9. The SMILES string of the molecule is COc1ccc(S(=O)(=O)NCCOCCO)cc1N. The van der Waals surface area contributed by atoms with Crippen molar-refractivity contribution in [2.24, 2.45) is 0 Å². The van der Waals surface area contributed by atoms with E-state index in [0.29, 0.717) is 5.75 Å². The highest BCUT2D eigenvalue weighted by Gasteiger charge is 2.14. The number of hydrogen-bond donors (Lipinski definition) is 3. The van der Waals surface area contributed by atoms with Gasteiger partial charge in [-0.1, -0.05) is 0 Å². The largest absolute Gasteiger partial charge is 0.495 e. The van der Waals surface area contributed by atoms with Crippen molar-refractivity contribution < 1.29 is 23.0 Å². The van der Waals surface area contributed by atoms with Crippen LogP contribution < -0.4 is 15.2 Å². The molecule has 0 aliphatic carbocycles. The van der Waals surface area contributed by atoms with E-state index >= 15 is 0 Å². The summed E-state index contributed by atoms with van der Waals surface area (Å²) in [5, 5.41) is 8.49. The maximum absolute atomic E-state index is 11.9.